The predicted octanol–water partition coefficient (Wildman–Crippen LogP) is 7.31. The third-order valence-corrected chi connectivity index (χ3v) is 10.2. The molecule has 2 N–H and O–H groups in total. The van der Waals surface area contributed by atoms with Crippen LogP contribution in [0.15, 0.2) is 12.6 Å². The minimum atomic E-state index is -5.05. The van der Waals surface area contributed by atoms with Crippen molar-refractivity contribution in [3.8, 4) is 17.3 Å². The highest BCUT2D eigenvalue weighted by Crippen LogP contribution is 2.46. The molecule has 0 bridgehead atoms. The molecule has 3 aliphatic rings. The Kier molecular flexibility index (Phi) is 10.0. The van der Waals surface area contributed by atoms with Gasteiger partial charge in [0.15, 0.2) is 5.82 Å². The van der Waals surface area contributed by atoms with E-state index in [9.17, 15) is 22.4 Å². The number of hydrogen-bond acceptors (Lipinski definition) is 9. The number of nitrogens with zero attached hydrogens (tertiary/aromatic N) is 6. The zero-order valence-electron chi connectivity index (χ0n) is 29.8. The lowest BCUT2D eigenvalue weighted by atomic mass is 9.93. The van der Waals surface area contributed by atoms with Gasteiger partial charge >= 0.3 is 18.3 Å². The number of benzene rings is 1. The van der Waals surface area contributed by atoms with Crippen molar-refractivity contribution >= 4 is 34.2 Å². The van der Waals surface area contributed by atoms with E-state index in [1.165, 1.54) is 6.92 Å². The summed E-state index contributed by atoms with van der Waals surface area (Å²) >= 11 is 0. The zero-order valence-corrected chi connectivity index (χ0v) is 29.8. The first-order valence-corrected chi connectivity index (χ1v) is 17.4. The second-order valence-electron chi connectivity index (χ2n) is 14.3. The van der Waals surface area contributed by atoms with Crippen molar-refractivity contribution in [1.82, 2.24) is 24.8 Å². The van der Waals surface area contributed by atoms with E-state index in [0.29, 0.717) is 19.4 Å². The average Bonchev–Trinajstić information content (AvgIpc) is 3.57. The molecule has 6 rings (SSSR count). The van der Waals surface area contributed by atoms with Crippen LogP contribution in [0.25, 0.3) is 27.7 Å². The minimum absolute atomic E-state index is 0.0258. The van der Waals surface area contributed by atoms with Gasteiger partial charge in [-0.15, -0.1) is 0 Å². The quantitative estimate of drug-likeness (QED) is 0.238. The van der Waals surface area contributed by atoms with Crippen LogP contribution in [-0.4, -0.2) is 94.0 Å². The molecule has 3 fully saturated rings. The number of piperazine rings is 1. The van der Waals surface area contributed by atoms with Gasteiger partial charge < -0.3 is 25.0 Å². The van der Waals surface area contributed by atoms with Crippen molar-refractivity contribution in [1.29, 1.82) is 0 Å². The summed E-state index contributed by atoms with van der Waals surface area (Å²) in [6.07, 6.45) is -4.75. The van der Waals surface area contributed by atoms with Crippen molar-refractivity contribution in [2.45, 2.75) is 90.3 Å². The Morgan fingerprint density at radius 1 is 1.13 bits per heavy atom. The van der Waals surface area contributed by atoms with Crippen LogP contribution >= 0.6 is 0 Å². The molecule has 5 heterocycles. The maximum atomic E-state index is 17.0. The fourth-order valence-corrected chi connectivity index (χ4v) is 7.96. The van der Waals surface area contributed by atoms with Gasteiger partial charge in [0.05, 0.1) is 39.9 Å². The van der Waals surface area contributed by atoms with Gasteiger partial charge in [-0.2, -0.15) is 23.1 Å². The number of rotatable bonds is 8. The number of nitrogen functional groups attached to an aromatic ring is 1. The lowest BCUT2D eigenvalue weighted by molar-refractivity contribution is -0.137. The molecular formula is C36H43F6N7O3. The van der Waals surface area contributed by atoms with Crippen molar-refractivity contribution in [2.24, 2.45) is 0 Å². The van der Waals surface area contributed by atoms with Crippen LogP contribution in [0.2, 0.25) is 0 Å². The number of halogens is 6. The van der Waals surface area contributed by atoms with E-state index in [4.69, 9.17) is 15.2 Å². The maximum absolute atomic E-state index is 17.0. The highest BCUT2D eigenvalue weighted by molar-refractivity contribution is 6.02. The maximum Gasteiger partial charge on any atom is 0.418 e. The number of aryl methyl sites for hydroxylation is 1. The van der Waals surface area contributed by atoms with Crippen LogP contribution in [0.1, 0.15) is 70.1 Å². The standard InChI is InChI=1S/C36H43F6N7O3/c1-7-22-16-47(11-12-49(22)34(50)52-19(4)5)32-25-24(18(2)3)28(38)26(30-27(36(40,41)42)20(6)13-23(43)44-30)29(39)31(25)45-33(46-32)51-17-35-9-8-10-48(35)15-21(37)14-35/h13,19,21-22H,2,7-12,14-17H2,1,3-6H3,(H2,43,44)/t21-,22?,35+/m1/s1. The van der Waals surface area contributed by atoms with Crippen molar-refractivity contribution in [3.63, 3.8) is 0 Å². The molecule has 3 atom stereocenters. The van der Waals surface area contributed by atoms with Crippen molar-refractivity contribution in [2.75, 3.05) is 50.0 Å². The molecule has 1 aromatic carbocycles. The number of ether oxygens (including phenoxy) is 2. The molecule has 52 heavy (non-hydrogen) atoms. The lowest BCUT2D eigenvalue weighted by Crippen LogP contribution is -2.55. The molecule has 3 aromatic rings. The van der Waals surface area contributed by atoms with Gasteiger partial charge in [0, 0.05) is 38.2 Å². The van der Waals surface area contributed by atoms with Gasteiger partial charge in [-0.05, 0) is 70.7 Å². The molecule has 3 aliphatic heterocycles. The molecule has 0 radical (unpaired) electrons. The highest BCUT2D eigenvalue weighted by atomic mass is 19.4. The summed E-state index contributed by atoms with van der Waals surface area (Å²) in [5.74, 6) is -3.09. The average molecular weight is 736 g/mol. The largest absolute Gasteiger partial charge is 0.461 e. The summed E-state index contributed by atoms with van der Waals surface area (Å²) < 4.78 is 104. The highest BCUT2D eigenvalue weighted by Gasteiger charge is 2.49. The second-order valence-corrected chi connectivity index (χ2v) is 14.3. The summed E-state index contributed by atoms with van der Waals surface area (Å²) in [5.41, 5.74) is 0.604. The Balaban J connectivity index is 1.56. The van der Waals surface area contributed by atoms with Crippen LogP contribution in [0.3, 0.4) is 0 Å². The number of amides is 1. The smallest absolute Gasteiger partial charge is 0.418 e. The fourth-order valence-electron chi connectivity index (χ4n) is 7.96. The topological polar surface area (TPSA) is 110 Å². The normalized spacial score (nSPS) is 22.4. The lowest BCUT2D eigenvalue weighted by Gasteiger charge is -2.41. The fraction of sp³-hybridized carbons (Fsp3) is 0.556. The molecule has 3 saturated heterocycles. The summed E-state index contributed by atoms with van der Waals surface area (Å²) in [4.78, 5) is 31.1. The molecule has 10 nitrogen and oxygen atoms in total. The van der Waals surface area contributed by atoms with E-state index < -0.39 is 64.0 Å². The predicted molar refractivity (Wildman–Crippen MR) is 185 cm³/mol. The van der Waals surface area contributed by atoms with E-state index in [-0.39, 0.29) is 85.0 Å². The summed E-state index contributed by atoms with van der Waals surface area (Å²) in [6.45, 7) is 13.2. The monoisotopic (exact) mass is 735 g/mol. The number of carbonyl (C=O) groups is 1. The SMILES string of the molecule is C=C(C)c1c(F)c(-c2nc(N)cc(C)c2C(F)(F)F)c(F)c2nc(OC[C@@]34CCCN3C[C@H](F)C4)nc(N3CCN(C(=O)OC(C)C)C(CC)C3)c12. The van der Waals surface area contributed by atoms with E-state index in [1.54, 1.807) is 23.6 Å². The van der Waals surface area contributed by atoms with Crippen LogP contribution in [0, 0.1) is 18.6 Å². The Labute approximate surface area is 298 Å². The van der Waals surface area contributed by atoms with Crippen LogP contribution < -0.4 is 15.4 Å². The minimum Gasteiger partial charge on any atom is -0.461 e. The van der Waals surface area contributed by atoms with Crippen LogP contribution in [0.5, 0.6) is 6.01 Å². The molecule has 282 valence electrons. The van der Waals surface area contributed by atoms with Crippen molar-refractivity contribution in [3.05, 3.63) is 41.0 Å². The van der Waals surface area contributed by atoms with Crippen LogP contribution in [-0.2, 0) is 10.9 Å². The number of nitrogens with two attached hydrogens (primary N) is 1. The number of alkyl halides is 4. The molecule has 0 spiro atoms. The van der Waals surface area contributed by atoms with Gasteiger partial charge in [-0.1, -0.05) is 13.5 Å². The zero-order chi connectivity index (χ0) is 37.9. The Morgan fingerprint density at radius 3 is 2.52 bits per heavy atom. The third-order valence-electron chi connectivity index (χ3n) is 10.2. The number of carbonyl (C=O) groups excluding carboxylic acids is 1. The summed E-state index contributed by atoms with van der Waals surface area (Å²) in [5, 5.41) is -0.133. The molecule has 1 amide bonds. The first kappa shape index (κ1) is 37.4. The molecular weight excluding hydrogens is 692 g/mol. The van der Waals surface area contributed by atoms with Gasteiger partial charge in [0.2, 0.25) is 0 Å². The number of pyridine rings is 1. The van der Waals surface area contributed by atoms with Gasteiger partial charge in [-0.25, -0.2) is 22.9 Å². The number of hydrogen-bond donors (Lipinski definition) is 1. The van der Waals surface area contributed by atoms with Gasteiger partial charge in [0.25, 0.3) is 0 Å². The van der Waals surface area contributed by atoms with Crippen LogP contribution in [0.4, 0.5) is 42.8 Å². The Hall–Kier alpha value is -4.34. The summed E-state index contributed by atoms with van der Waals surface area (Å²) in [7, 11) is 0. The Morgan fingerprint density at radius 2 is 1.87 bits per heavy atom. The first-order valence-electron chi connectivity index (χ1n) is 17.4. The van der Waals surface area contributed by atoms with E-state index in [0.717, 1.165) is 19.4 Å². The van der Waals surface area contributed by atoms with Gasteiger partial charge in [-0.3, -0.25) is 4.90 Å². The molecule has 16 heteroatoms. The Bertz CT molecular complexity index is 1910. The molecule has 2 aromatic heterocycles. The van der Waals surface area contributed by atoms with E-state index in [1.807, 2.05) is 11.8 Å². The number of anilines is 2. The molecule has 0 saturated carbocycles. The first-order chi connectivity index (χ1) is 24.5. The van der Waals surface area contributed by atoms with E-state index >= 15 is 8.78 Å². The second kappa shape index (κ2) is 13.9. The molecule has 0 aliphatic carbocycles. The number of aromatic nitrogens is 3. The number of allylic oxidation sites excluding steroid dienone is 1. The number of fused-ring (bicyclic) bond motifs is 2. The summed E-state index contributed by atoms with van der Waals surface area (Å²) in [6, 6.07) is 0.265. The molecule has 1 unspecified atom stereocenters. The van der Waals surface area contributed by atoms with Crippen molar-refractivity contribution < 1.29 is 40.6 Å². The van der Waals surface area contributed by atoms with E-state index in [2.05, 4.69) is 21.5 Å². The third kappa shape index (κ3) is 6.69. The van der Waals surface area contributed by atoms with Gasteiger partial charge in [0.1, 0.15) is 35.7 Å².